The van der Waals surface area contributed by atoms with Gasteiger partial charge in [0.15, 0.2) is 0 Å². The van der Waals surface area contributed by atoms with Crippen LogP contribution < -0.4 is 4.90 Å². The number of hydrogen-bond acceptors (Lipinski definition) is 4. The summed E-state index contributed by atoms with van der Waals surface area (Å²) in [5.41, 5.74) is 1.14. The summed E-state index contributed by atoms with van der Waals surface area (Å²) in [4.78, 5) is 2.08. The molecule has 0 amide bonds. The number of nitrogens with zero attached hydrogens (tertiary/aromatic N) is 3. The van der Waals surface area contributed by atoms with Crippen LogP contribution in [0.3, 0.4) is 0 Å². The van der Waals surface area contributed by atoms with E-state index >= 15 is 0 Å². The first-order chi connectivity index (χ1) is 6.63. The van der Waals surface area contributed by atoms with Gasteiger partial charge >= 0.3 is 0 Å². The molecule has 0 radical (unpaired) electrons. The highest BCUT2D eigenvalue weighted by molar-refractivity contribution is 7.15. The third-order valence-electron chi connectivity index (χ3n) is 1.75. The Morgan fingerprint density at radius 2 is 2.21 bits per heavy atom. The second-order valence-electron chi connectivity index (χ2n) is 3.54. The highest BCUT2D eigenvalue weighted by Gasteiger charge is 2.07. The van der Waals surface area contributed by atoms with E-state index in [-0.39, 0.29) is 0 Å². The smallest absolute Gasteiger partial charge is 0.208 e. The minimum absolute atomic E-state index is 0.848. The Morgan fingerprint density at radius 3 is 2.79 bits per heavy atom. The lowest BCUT2D eigenvalue weighted by atomic mass is 10.3. The molecule has 0 unspecified atom stereocenters. The zero-order valence-corrected chi connectivity index (χ0v) is 9.89. The molecule has 1 heterocycles. The summed E-state index contributed by atoms with van der Waals surface area (Å²) in [6.07, 6.45) is 2.15. The van der Waals surface area contributed by atoms with Crippen LogP contribution in [-0.2, 0) is 6.42 Å². The highest BCUT2D eigenvalue weighted by Crippen LogP contribution is 2.20. The normalized spacial score (nSPS) is 10.2. The Morgan fingerprint density at radius 1 is 1.50 bits per heavy atom. The quantitative estimate of drug-likeness (QED) is 0.701. The fraction of sp³-hybridized carbons (Fsp3) is 0.600. The van der Waals surface area contributed by atoms with Gasteiger partial charge in [0.2, 0.25) is 5.13 Å². The lowest BCUT2D eigenvalue weighted by Crippen LogP contribution is -2.18. The summed E-state index contributed by atoms with van der Waals surface area (Å²) in [5.74, 6) is 0. The van der Waals surface area contributed by atoms with E-state index < -0.39 is 0 Å². The van der Waals surface area contributed by atoms with E-state index in [0.717, 1.165) is 35.1 Å². The van der Waals surface area contributed by atoms with Crippen LogP contribution in [0.15, 0.2) is 12.2 Å². The van der Waals surface area contributed by atoms with Gasteiger partial charge in [-0.25, -0.2) is 0 Å². The van der Waals surface area contributed by atoms with Crippen molar-refractivity contribution in [2.75, 3.05) is 18.5 Å². The Kier molecular flexibility index (Phi) is 4.07. The predicted octanol–water partition coefficient (Wildman–Crippen LogP) is 2.50. The molecule has 0 aliphatic heterocycles. The van der Waals surface area contributed by atoms with Gasteiger partial charge in [0.05, 0.1) is 0 Å². The molecule has 0 atom stereocenters. The first-order valence-corrected chi connectivity index (χ1v) is 5.63. The fourth-order valence-corrected chi connectivity index (χ4v) is 2.09. The fourth-order valence-electron chi connectivity index (χ4n) is 1.19. The van der Waals surface area contributed by atoms with Gasteiger partial charge in [-0.2, -0.15) is 0 Å². The summed E-state index contributed by atoms with van der Waals surface area (Å²) in [5, 5.41) is 10.4. The summed E-state index contributed by atoms with van der Waals surface area (Å²) in [6.45, 7) is 8.90. The van der Waals surface area contributed by atoms with E-state index in [1.807, 2.05) is 14.0 Å². The van der Waals surface area contributed by atoms with Gasteiger partial charge in [-0.05, 0) is 13.3 Å². The van der Waals surface area contributed by atoms with Crippen LogP contribution in [0.2, 0.25) is 0 Å². The summed E-state index contributed by atoms with van der Waals surface area (Å²) in [6, 6.07) is 0. The Hall–Kier alpha value is -0.900. The standard InChI is InChI=1S/C10H17N3S/c1-5-6-9-11-12-10(14-9)13(4)7-8(2)3/h2,5-7H2,1,3-4H3. The number of anilines is 1. The van der Waals surface area contributed by atoms with Gasteiger partial charge in [0.25, 0.3) is 0 Å². The van der Waals surface area contributed by atoms with E-state index in [9.17, 15) is 0 Å². The zero-order chi connectivity index (χ0) is 10.6. The van der Waals surface area contributed by atoms with E-state index in [1.165, 1.54) is 0 Å². The number of likely N-dealkylation sites (N-methyl/N-ethyl adjacent to an activating group) is 1. The largest absolute Gasteiger partial charge is 0.346 e. The first kappa shape index (κ1) is 11.2. The van der Waals surface area contributed by atoms with Crippen molar-refractivity contribution < 1.29 is 0 Å². The van der Waals surface area contributed by atoms with Crippen LogP contribution in [0.4, 0.5) is 5.13 Å². The van der Waals surface area contributed by atoms with Crippen LogP contribution >= 0.6 is 11.3 Å². The Bertz CT molecular complexity index is 306. The van der Waals surface area contributed by atoms with Crippen LogP contribution in [0.5, 0.6) is 0 Å². The van der Waals surface area contributed by atoms with Gasteiger partial charge in [-0.3, -0.25) is 0 Å². The molecule has 0 aromatic carbocycles. The second-order valence-corrected chi connectivity index (χ2v) is 4.58. The number of hydrogen-bond donors (Lipinski definition) is 0. The van der Waals surface area contributed by atoms with Gasteiger partial charge < -0.3 is 4.90 Å². The predicted molar refractivity (Wildman–Crippen MR) is 62.0 cm³/mol. The summed E-state index contributed by atoms with van der Waals surface area (Å²) in [7, 11) is 2.02. The third kappa shape index (κ3) is 3.10. The molecule has 0 aliphatic carbocycles. The summed E-state index contributed by atoms with van der Waals surface area (Å²) >= 11 is 1.67. The molecule has 14 heavy (non-hydrogen) atoms. The molecular weight excluding hydrogens is 194 g/mol. The first-order valence-electron chi connectivity index (χ1n) is 4.81. The second kappa shape index (κ2) is 5.10. The highest BCUT2D eigenvalue weighted by atomic mass is 32.1. The number of aryl methyl sites for hydroxylation is 1. The Balaban J connectivity index is 2.61. The minimum atomic E-state index is 0.848. The maximum Gasteiger partial charge on any atom is 0.208 e. The van der Waals surface area contributed by atoms with Gasteiger partial charge in [0.1, 0.15) is 5.01 Å². The SMILES string of the molecule is C=C(C)CN(C)c1nnc(CCC)s1. The molecular formula is C10H17N3S. The molecule has 0 saturated carbocycles. The molecule has 3 nitrogen and oxygen atoms in total. The molecule has 1 aromatic heterocycles. The van der Waals surface area contributed by atoms with E-state index in [4.69, 9.17) is 0 Å². The third-order valence-corrected chi connectivity index (χ3v) is 2.85. The minimum Gasteiger partial charge on any atom is -0.346 e. The van der Waals surface area contributed by atoms with Crippen molar-refractivity contribution in [2.24, 2.45) is 0 Å². The molecule has 0 N–H and O–H groups in total. The van der Waals surface area contributed by atoms with Gasteiger partial charge in [0, 0.05) is 20.0 Å². The maximum atomic E-state index is 4.14. The van der Waals surface area contributed by atoms with Crippen molar-refractivity contribution in [1.82, 2.24) is 10.2 Å². The molecule has 1 aromatic rings. The van der Waals surface area contributed by atoms with Crippen molar-refractivity contribution in [2.45, 2.75) is 26.7 Å². The van der Waals surface area contributed by atoms with E-state index in [2.05, 4.69) is 28.6 Å². The molecule has 0 spiro atoms. The van der Waals surface area contributed by atoms with Crippen molar-refractivity contribution >= 4 is 16.5 Å². The maximum absolute atomic E-state index is 4.14. The van der Waals surface area contributed by atoms with Crippen LogP contribution in [-0.4, -0.2) is 23.8 Å². The van der Waals surface area contributed by atoms with Crippen LogP contribution in [0.25, 0.3) is 0 Å². The molecule has 0 aliphatic rings. The van der Waals surface area contributed by atoms with Gasteiger partial charge in [-0.15, -0.1) is 10.2 Å². The number of rotatable bonds is 5. The van der Waals surface area contributed by atoms with Crippen molar-refractivity contribution in [3.63, 3.8) is 0 Å². The average molecular weight is 211 g/mol. The lowest BCUT2D eigenvalue weighted by Gasteiger charge is -2.13. The molecule has 78 valence electrons. The van der Waals surface area contributed by atoms with Crippen LogP contribution in [0.1, 0.15) is 25.3 Å². The summed E-state index contributed by atoms with van der Waals surface area (Å²) < 4.78 is 0. The monoisotopic (exact) mass is 211 g/mol. The van der Waals surface area contributed by atoms with Gasteiger partial charge in [-0.1, -0.05) is 30.4 Å². The van der Waals surface area contributed by atoms with Crippen molar-refractivity contribution in [1.29, 1.82) is 0 Å². The van der Waals surface area contributed by atoms with E-state index in [0.29, 0.717) is 0 Å². The lowest BCUT2D eigenvalue weighted by molar-refractivity contribution is 0.869. The number of aromatic nitrogens is 2. The van der Waals surface area contributed by atoms with E-state index in [1.54, 1.807) is 11.3 Å². The molecule has 1 rings (SSSR count). The molecule has 0 fully saturated rings. The molecule has 0 saturated heterocycles. The zero-order valence-electron chi connectivity index (χ0n) is 9.08. The topological polar surface area (TPSA) is 29.0 Å². The molecule has 0 bridgehead atoms. The Labute approximate surface area is 89.5 Å². The molecule has 4 heteroatoms. The average Bonchev–Trinajstić information content (AvgIpc) is 2.52. The van der Waals surface area contributed by atoms with Crippen molar-refractivity contribution in [3.8, 4) is 0 Å². The van der Waals surface area contributed by atoms with Crippen molar-refractivity contribution in [3.05, 3.63) is 17.2 Å². The van der Waals surface area contributed by atoms with Crippen LogP contribution in [0, 0.1) is 0 Å².